The average Bonchev–Trinajstić information content (AvgIpc) is 2.49. The third-order valence-corrected chi connectivity index (χ3v) is 2.79. The standard InChI is InChI=1S/C16H19N3O2/c1-12(2)21-14-5-3-13(4-6-14)7-8-19-16(20)15-11-17-9-10-18-15/h3-6,9-12H,7-8H2,1-2H3,(H,19,20). The van der Waals surface area contributed by atoms with Gasteiger partial charge in [0.1, 0.15) is 11.4 Å². The summed E-state index contributed by atoms with van der Waals surface area (Å²) >= 11 is 0. The Morgan fingerprint density at radius 2 is 2.00 bits per heavy atom. The molecule has 1 aromatic heterocycles. The molecule has 0 bridgehead atoms. The first-order valence-electron chi connectivity index (χ1n) is 6.95. The van der Waals surface area contributed by atoms with Gasteiger partial charge in [0, 0.05) is 18.9 Å². The molecule has 0 aliphatic rings. The van der Waals surface area contributed by atoms with Crippen molar-refractivity contribution in [3.63, 3.8) is 0 Å². The zero-order valence-electron chi connectivity index (χ0n) is 12.2. The van der Waals surface area contributed by atoms with E-state index in [1.54, 1.807) is 0 Å². The van der Waals surface area contributed by atoms with E-state index in [0.29, 0.717) is 12.2 Å². The molecule has 2 rings (SSSR count). The molecule has 0 fully saturated rings. The first kappa shape index (κ1) is 15.0. The van der Waals surface area contributed by atoms with Gasteiger partial charge < -0.3 is 10.1 Å². The van der Waals surface area contributed by atoms with Crippen LogP contribution in [-0.4, -0.2) is 28.5 Å². The lowest BCUT2D eigenvalue weighted by Gasteiger charge is -2.10. The van der Waals surface area contributed by atoms with Crippen LogP contribution < -0.4 is 10.1 Å². The normalized spacial score (nSPS) is 10.4. The summed E-state index contributed by atoms with van der Waals surface area (Å²) in [6.45, 7) is 4.55. The molecule has 0 unspecified atom stereocenters. The van der Waals surface area contributed by atoms with E-state index in [1.165, 1.54) is 18.6 Å². The van der Waals surface area contributed by atoms with Gasteiger partial charge in [-0.25, -0.2) is 4.98 Å². The summed E-state index contributed by atoms with van der Waals surface area (Å²) in [6.07, 6.45) is 5.42. The van der Waals surface area contributed by atoms with E-state index in [-0.39, 0.29) is 12.0 Å². The van der Waals surface area contributed by atoms with Crippen molar-refractivity contribution in [2.45, 2.75) is 26.4 Å². The van der Waals surface area contributed by atoms with Crippen LogP contribution in [0.15, 0.2) is 42.9 Å². The van der Waals surface area contributed by atoms with Crippen LogP contribution in [0.4, 0.5) is 0 Å². The van der Waals surface area contributed by atoms with Crippen molar-refractivity contribution in [3.8, 4) is 5.75 Å². The van der Waals surface area contributed by atoms with Gasteiger partial charge in [0.05, 0.1) is 12.3 Å². The first-order chi connectivity index (χ1) is 10.1. The van der Waals surface area contributed by atoms with Gasteiger partial charge in [-0.05, 0) is 38.0 Å². The van der Waals surface area contributed by atoms with Crippen molar-refractivity contribution in [1.29, 1.82) is 0 Å². The lowest BCUT2D eigenvalue weighted by molar-refractivity contribution is 0.0948. The minimum absolute atomic E-state index is 0.169. The van der Waals surface area contributed by atoms with E-state index < -0.39 is 0 Å². The Kier molecular flexibility index (Phi) is 5.26. The molecule has 110 valence electrons. The zero-order valence-corrected chi connectivity index (χ0v) is 12.2. The summed E-state index contributed by atoms with van der Waals surface area (Å²) in [5.41, 5.74) is 1.48. The predicted octanol–water partition coefficient (Wildman–Crippen LogP) is 2.24. The Morgan fingerprint density at radius 1 is 1.24 bits per heavy atom. The Balaban J connectivity index is 1.79. The molecule has 0 saturated heterocycles. The Hall–Kier alpha value is -2.43. The number of aromatic nitrogens is 2. The van der Waals surface area contributed by atoms with Crippen molar-refractivity contribution in [1.82, 2.24) is 15.3 Å². The summed E-state index contributed by atoms with van der Waals surface area (Å²) in [4.78, 5) is 19.6. The van der Waals surface area contributed by atoms with Crippen LogP contribution in [-0.2, 0) is 6.42 Å². The third-order valence-electron chi connectivity index (χ3n) is 2.79. The number of nitrogens with zero attached hydrogens (tertiary/aromatic N) is 2. The molecule has 1 amide bonds. The second-order valence-corrected chi connectivity index (χ2v) is 4.91. The van der Waals surface area contributed by atoms with Crippen molar-refractivity contribution in [2.24, 2.45) is 0 Å². The van der Waals surface area contributed by atoms with Gasteiger partial charge in [-0.3, -0.25) is 9.78 Å². The number of hydrogen-bond donors (Lipinski definition) is 1. The van der Waals surface area contributed by atoms with Crippen LogP contribution in [0, 0.1) is 0 Å². The van der Waals surface area contributed by atoms with Crippen molar-refractivity contribution in [3.05, 3.63) is 54.1 Å². The molecule has 0 atom stereocenters. The third kappa shape index (κ3) is 4.87. The second-order valence-electron chi connectivity index (χ2n) is 4.91. The molecule has 0 saturated carbocycles. The molecule has 0 radical (unpaired) electrons. The molecule has 2 aromatic rings. The zero-order chi connectivity index (χ0) is 15.1. The highest BCUT2D eigenvalue weighted by Gasteiger charge is 2.05. The van der Waals surface area contributed by atoms with Crippen LogP contribution >= 0.6 is 0 Å². The largest absolute Gasteiger partial charge is 0.491 e. The number of nitrogens with one attached hydrogen (secondary N) is 1. The van der Waals surface area contributed by atoms with E-state index in [4.69, 9.17) is 4.74 Å². The van der Waals surface area contributed by atoms with Gasteiger partial charge in [-0.1, -0.05) is 12.1 Å². The van der Waals surface area contributed by atoms with Crippen LogP contribution in [0.5, 0.6) is 5.75 Å². The Bertz CT molecular complexity index is 568. The van der Waals surface area contributed by atoms with E-state index in [1.807, 2.05) is 38.1 Å². The van der Waals surface area contributed by atoms with Crippen molar-refractivity contribution in [2.75, 3.05) is 6.54 Å². The van der Waals surface area contributed by atoms with Crippen LogP contribution in [0.2, 0.25) is 0 Å². The Labute approximate surface area is 124 Å². The average molecular weight is 285 g/mol. The molecule has 1 N–H and O–H groups in total. The van der Waals surface area contributed by atoms with Crippen LogP contribution in [0.1, 0.15) is 29.9 Å². The lowest BCUT2D eigenvalue weighted by Crippen LogP contribution is -2.26. The van der Waals surface area contributed by atoms with Crippen LogP contribution in [0.25, 0.3) is 0 Å². The molecule has 1 heterocycles. The smallest absolute Gasteiger partial charge is 0.271 e. The number of ether oxygens (including phenoxy) is 1. The van der Waals surface area contributed by atoms with Crippen molar-refractivity contribution < 1.29 is 9.53 Å². The number of amides is 1. The summed E-state index contributed by atoms with van der Waals surface area (Å²) in [5.74, 6) is 0.653. The summed E-state index contributed by atoms with van der Waals surface area (Å²) in [7, 11) is 0. The van der Waals surface area contributed by atoms with E-state index in [9.17, 15) is 4.79 Å². The van der Waals surface area contributed by atoms with E-state index >= 15 is 0 Å². The quantitative estimate of drug-likeness (QED) is 0.884. The fourth-order valence-corrected chi connectivity index (χ4v) is 1.83. The molecule has 21 heavy (non-hydrogen) atoms. The molecule has 0 spiro atoms. The monoisotopic (exact) mass is 285 g/mol. The maximum Gasteiger partial charge on any atom is 0.271 e. The maximum atomic E-state index is 11.8. The van der Waals surface area contributed by atoms with Gasteiger partial charge in [-0.2, -0.15) is 0 Å². The Morgan fingerprint density at radius 3 is 2.62 bits per heavy atom. The van der Waals surface area contributed by atoms with Gasteiger partial charge >= 0.3 is 0 Å². The molecule has 5 nitrogen and oxygen atoms in total. The fraction of sp³-hybridized carbons (Fsp3) is 0.312. The molecule has 5 heteroatoms. The highest BCUT2D eigenvalue weighted by atomic mass is 16.5. The number of carbonyl (C=O) groups excluding carboxylic acids is 1. The van der Waals surface area contributed by atoms with Gasteiger partial charge in [0.15, 0.2) is 0 Å². The summed E-state index contributed by atoms with van der Waals surface area (Å²) < 4.78 is 5.58. The van der Waals surface area contributed by atoms with Crippen molar-refractivity contribution >= 4 is 5.91 Å². The first-order valence-corrected chi connectivity index (χ1v) is 6.95. The molecule has 0 aliphatic carbocycles. The summed E-state index contributed by atoms with van der Waals surface area (Å²) in [6, 6.07) is 7.90. The SMILES string of the molecule is CC(C)Oc1ccc(CCNC(=O)c2cnccn2)cc1. The highest BCUT2D eigenvalue weighted by molar-refractivity contribution is 5.91. The lowest BCUT2D eigenvalue weighted by atomic mass is 10.1. The van der Waals surface area contributed by atoms with E-state index in [0.717, 1.165) is 17.7 Å². The number of rotatable bonds is 6. The number of carbonyl (C=O) groups is 1. The molecule has 1 aromatic carbocycles. The molecule has 0 aliphatic heterocycles. The summed E-state index contributed by atoms with van der Waals surface area (Å²) in [5, 5.41) is 2.82. The number of hydrogen-bond acceptors (Lipinski definition) is 4. The predicted molar refractivity (Wildman–Crippen MR) is 80.3 cm³/mol. The van der Waals surface area contributed by atoms with Gasteiger partial charge in [0.2, 0.25) is 0 Å². The topological polar surface area (TPSA) is 64.1 Å². The molecular formula is C16H19N3O2. The minimum atomic E-state index is -0.206. The van der Waals surface area contributed by atoms with E-state index in [2.05, 4.69) is 15.3 Å². The number of benzene rings is 1. The van der Waals surface area contributed by atoms with Gasteiger partial charge in [0.25, 0.3) is 5.91 Å². The highest BCUT2D eigenvalue weighted by Crippen LogP contribution is 2.13. The maximum absolute atomic E-state index is 11.8. The second kappa shape index (κ2) is 7.38. The van der Waals surface area contributed by atoms with Gasteiger partial charge in [-0.15, -0.1) is 0 Å². The fourth-order valence-electron chi connectivity index (χ4n) is 1.83. The van der Waals surface area contributed by atoms with Crippen LogP contribution in [0.3, 0.4) is 0 Å². The molecular weight excluding hydrogens is 266 g/mol. The minimum Gasteiger partial charge on any atom is -0.491 e.